The van der Waals surface area contributed by atoms with E-state index in [1.165, 1.54) is 0 Å². The molecule has 17 heavy (non-hydrogen) atoms. The molecule has 2 unspecified atom stereocenters. The zero-order valence-electron chi connectivity index (χ0n) is 10.1. The van der Waals surface area contributed by atoms with Crippen LogP contribution in [0.15, 0.2) is 0 Å². The molecule has 2 atom stereocenters. The number of rotatable bonds is 5. The van der Waals surface area contributed by atoms with Crippen LogP contribution in [0.3, 0.4) is 0 Å². The van der Waals surface area contributed by atoms with Crippen molar-refractivity contribution in [1.82, 2.24) is 10.6 Å². The summed E-state index contributed by atoms with van der Waals surface area (Å²) in [6, 6.07) is -0.580. The molecule has 6 nitrogen and oxygen atoms in total. The fraction of sp³-hybridized carbons (Fsp3) is 0.818. The van der Waals surface area contributed by atoms with E-state index in [9.17, 15) is 9.59 Å². The fourth-order valence-electron chi connectivity index (χ4n) is 2.09. The third-order valence-corrected chi connectivity index (χ3v) is 2.99. The topological polar surface area (TPSA) is 87.7 Å². The van der Waals surface area contributed by atoms with Crippen LogP contribution in [0.4, 0.5) is 4.79 Å². The third kappa shape index (κ3) is 4.60. The second kappa shape index (κ2) is 7.11. The molecule has 1 rings (SSSR count). The Hall–Kier alpha value is -1.30. The molecule has 1 aliphatic carbocycles. The van der Waals surface area contributed by atoms with Crippen LogP contribution in [0.25, 0.3) is 0 Å². The molecule has 0 bridgehead atoms. The number of carbonyl (C=O) groups is 2. The van der Waals surface area contributed by atoms with Gasteiger partial charge in [0.05, 0.1) is 12.5 Å². The van der Waals surface area contributed by atoms with Crippen LogP contribution >= 0.6 is 0 Å². The number of urea groups is 1. The number of hydrogen-bond acceptors (Lipinski definition) is 3. The minimum Gasteiger partial charge on any atom is -0.481 e. The fourth-order valence-corrected chi connectivity index (χ4v) is 2.09. The van der Waals surface area contributed by atoms with Crippen molar-refractivity contribution in [3.8, 4) is 0 Å². The van der Waals surface area contributed by atoms with E-state index in [-0.39, 0.29) is 12.1 Å². The van der Waals surface area contributed by atoms with Crippen molar-refractivity contribution >= 4 is 12.0 Å². The van der Waals surface area contributed by atoms with Gasteiger partial charge in [-0.05, 0) is 12.8 Å². The molecule has 2 amide bonds. The lowest BCUT2D eigenvalue weighted by Gasteiger charge is -2.29. The van der Waals surface area contributed by atoms with Crippen LogP contribution in [0.2, 0.25) is 0 Å². The van der Waals surface area contributed by atoms with Gasteiger partial charge in [-0.15, -0.1) is 0 Å². The predicted molar refractivity (Wildman–Crippen MR) is 61.8 cm³/mol. The van der Waals surface area contributed by atoms with E-state index in [4.69, 9.17) is 9.84 Å². The van der Waals surface area contributed by atoms with Gasteiger partial charge >= 0.3 is 12.0 Å². The van der Waals surface area contributed by atoms with E-state index < -0.39 is 11.9 Å². The molecule has 0 aromatic carbocycles. The average molecular weight is 244 g/mol. The van der Waals surface area contributed by atoms with Crippen molar-refractivity contribution in [2.75, 3.05) is 20.3 Å². The van der Waals surface area contributed by atoms with Crippen molar-refractivity contribution in [2.24, 2.45) is 5.92 Å². The summed E-state index contributed by atoms with van der Waals surface area (Å²) in [5.41, 5.74) is 0. The zero-order chi connectivity index (χ0) is 12.7. The van der Waals surface area contributed by atoms with Gasteiger partial charge in [-0.3, -0.25) is 4.79 Å². The molecule has 0 radical (unpaired) electrons. The van der Waals surface area contributed by atoms with Gasteiger partial charge in [0.1, 0.15) is 0 Å². The third-order valence-electron chi connectivity index (χ3n) is 2.99. The Kier molecular flexibility index (Phi) is 5.76. The molecule has 0 heterocycles. The molecule has 0 aliphatic heterocycles. The Balaban J connectivity index is 2.36. The maximum absolute atomic E-state index is 11.5. The Morgan fingerprint density at radius 3 is 2.71 bits per heavy atom. The molecule has 98 valence electrons. The smallest absolute Gasteiger partial charge is 0.315 e. The van der Waals surface area contributed by atoms with Crippen molar-refractivity contribution in [2.45, 2.75) is 31.7 Å². The first-order chi connectivity index (χ1) is 8.15. The molecule has 1 aliphatic rings. The number of hydrogen-bond donors (Lipinski definition) is 3. The van der Waals surface area contributed by atoms with Gasteiger partial charge in [0.15, 0.2) is 0 Å². The van der Waals surface area contributed by atoms with Crippen LogP contribution in [-0.4, -0.2) is 43.4 Å². The molecule has 6 heteroatoms. The number of aliphatic carboxylic acids is 1. The van der Waals surface area contributed by atoms with Gasteiger partial charge in [0.25, 0.3) is 0 Å². The van der Waals surface area contributed by atoms with Crippen LogP contribution in [0.5, 0.6) is 0 Å². The first kappa shape index (κ1) is 13.8. The normalized spacial score (nSPS) is 24.1. The Labute approximate surface area is 101 Å². The standard InChI is InChI=1S/C11H20N2O4/c1-17-7-6-12-11(16)13-9-5-3-2-4-8(9)10(14)15/h8-9H,2-7H2,1H3,(H,14,15)(H2,12,13,16). The molecule has 3 N–H and O–H groups in total. The number of carbonyl (C=O) groups excluding carboxylic acids is 1. The van der Waals surface area contributed by atoms with Gasteiger partial charge in [-0.25, -0.2) is 4.79 Å². The number of nitrogens with one attached hydrogen (secondary N) is 2. The van der Waals surface area contributed by atoms with E-state index in [1.807, 2.05) is 0 Å². The lowest BCUT2D eigenvalue weighted by atomic mass is 9.84. The quantitative estimate of drug-likeness (QED) is 0.617. The first-order valence-corrected chi connectivity index (χ1v) is 5.91. The van der Waals surface area contributed by atoms with Crippen molar-refractivity contribution in [1.29, 1.82) is 0 Å². The number of ether oxygens (including phenoxy) is 1. The van der Waals surface area contributed by atoms with Gasteiger partial charge in [0, 0.05) is 19.7 Å². The summed E-state index contributed by atoms with van der Waals surface area (Å²) in [6.07, 6.45) is 3.25. The molecule has 1 fully saturated rings. The predicted octanol–water partition coefficient (Wildman–Crippen LogP) is 0.575. The molecule has 0 aromatic heterocycles. The molecule has 0 saturated heterocycles. The lowest BCUT2D eigenvalue weighted by molar-refractivity contribution is -0.143. The second-order valence-corrected chi connectivity index (χ2v) is 4.23. The Bertz CT molecular complexity index is 270. The SMILES string of the molecule is COCCNC(=O)NC1CCCCC1C(=O)O. The number of carboxylic acid groups (broad SMARTS) is 1. The summed E-state index contributed by atoms with van der Waals surface area (Å²) >= 11 is 0. The minimum absolute atomic E-state index is 0.260. The van der Waals surface area contributed by atoms with E-state index >= 15 is 0 Å². The van der Waals surface area contributed by atoms with E-state index in [0.29, 0.717) is 19.6 Å². The summed E-state index contributed by atoms with van der Waals surface area (Å²) in [6.45, 7) is 0.868. The highest BCUT2D eigenvalue weighted by molar-refractivity contribution is 5.76. The van der Waals surface area contributed by atoms with Gasteiger partial charge < -0.3 is 20.5 Å². The van der Waals surface area contributed by atoms with Gasteiger partial charge in [0.2, 0.25) is 0 Å². The number of amides is 2. The molecule has 1 saturated carbocycles. The monoisotopic (exact) mass is 244 g/mol. The highest BCUT2D eigenvalue weighted by atomic mass is 16.5. The summed E-state index contributed by atoms with van der Waals surface area (Å²) in [4.78, 5) is 22.5. The average Bonchev–Trinajstić information content (AvgIpc) is 2.29. The van der Waals surface area contributed by atoms with Crippen LogP contribution in [-0.2, 0) is 9.53 Å². The summed E-state index contributed by atoms with van der Waals surface area (Å²) < 4.78 is 4.80. The minimum atomic E-state index is -0.827. The lowest BCUT2D eigenvalue weighted by Crippen LogP contribution is -2.49. The molecular formula is C11H20N2O4. The van der Waals surface area contributed by atoms with Crippen LogP contribution in [0, 0.1) is 5.92 Å². The largest absolute Gasteiger partial charge is 0.481 e. The Morgan fingerprint density at radius 1 is 1.35 bits per heavy atom. The summed E-state index contributed by atoms with van der Waals surface area (Å²) in [5, 5.41) is 14.4. The highest BCUT2D eigenvalue weighted by Crippen LogP contribution is 2.24. The van der Waals surface area contributed by atoms with Crippen molar-refractivity contribution in [3.05, 3.63) is 0 Å². The summed E-state index contributed by atoms with van der Waals surface area (Å²) in [7, 11) is 1.56. The molecular weight excluding hydrogens is 224 g/mol. The Morgan fingerprint density at radius 2 is 2.06 bits per heavy atom. The van der Waals surface area contributed by atoms with Crippen molar-refractivity contribution in [3.63, 3.8) is 0 Å². The summed E-state index contributed by atoms with van der Waals surface area (Å²) in [5.74, 6) is -1.29. The van der Waals surface area contributed by atoms with E-state index in [2.05, 4.69) is 10.6 Å². The van der Waals surface area contributed by atoms with Crippen LogP contribution in [0.1, 0.15) is 25.7 Å². The molecule has 0 spiro atoms. The van der Waals surface area contributed by atoms with E-state index in [1.54, 1.807) is 7.11 Å². The zero-order valence-corrected chi connectivity index (χ0v) is 10.1. The van der Waals surface area contributed by atoms with Crippen LogP contribution < -0.4 is 10.6 Å². The maximum atomic E-state index is 11.5. The number of methoxy groups -OCH3 is 1. The van der Waals surface area contributed by atoms with Crippen molar-refractivity contribution < 1.29 is 19.4 Å². The highest BCUT2D eigenvalue weighted by Gasteiger charge is 2.31. The number of carboxylic acids is 1. The molecule has 0 aromatic rings. The first-order valence-electron chi connectivity index (χ1n) is 5.91. The second-order valence-electron chi connectivity index (χ2n) is 4.23. The van der Waals surface area contributed by atoms with E-state index in [0.717, 1.165) is 19.3 Å². The van der Waals surface area contributed by atoms with Gasteiger partial charge in [-0.2, -0.15) is 0 Å². The van der Waals surface area contributed by atoms with Gasteiger partial charge in [-0.1, -0.05) is 12.8 Å². The maximum Gasteiger partial charge on any atom is 0.315 e.